The number of carbonyl (C=O) groups excluding carboxylic acids is 1. The number of sulfone groups is 1. The number of nitrogens with zero attached hydrogens (tertiary/aromatic N) is 3. The monoisotopic (exact) mass is 353 g/mol. The summed E-state index contributed by atoms with van der Waals surface area (Å²) in [4.78, 5) is 20.1. The first-order valence-corrected chi connectivity index (χ1v) is 9.98. The van der Waals surface area contributed by atoms with Gasteiger partial charge in [0.1, 0.15) is 0 Å². The molecule has 1 aromatic heterocycles. The third-order valence-electron chi connectivity index (χ3n) is 4.50. The van der Waals surface area contributed by atoms with Gasteiger partial charge < -0.3 is 9.64 Å². The van der Waals surface area contributed by atoms with Crippen LogP contribution < -0.4 is 0 Å². The van der Waals surface area contributed by atoms with E-state index < -0.39 is 15.9 Å². The molecule has 8 heteroatoms. The van der Waals surface area contributed by atoms with Crippen LogP contribution in [0, 0.1) is 0 Å². The van der Waals surface area contributed by atoms with Gasteiger partial charge in [0.15, 0.2) is 9.84 Å². The Balaban J connectivity index is 1.78. The first kappa shape index (κ1) is 17.2. The van der Waals surface area contributed by atoms with Gasteiger partial charge in [0.25, 0.3) is 0 Å². The van der Waals surface area contributed by atoms with E-state index in [1.165, 1.54) is 0 Å². The first-order valence-electron chi connectivity index (χ1n) is 8.16. The fourth-order valence-corrected chi connectivity index (χ4v) is 5.45. The third kappa shape index (κ3) is 3.70. The van der Waals surface area contributed by atoms with Crippen molar-refractivity contribution in [2.45, 2.75) is 38.6 Å². The van der Waals surface area contributed by atoms with Crippen molar-refractivity contribution < 1.29 is 17.9 Å². The van der Waals surface area contributed by atoms with Gasteiger partial charge in [-0.25, -0.2) is 13.2 Å². The summed E-state index contributed by atoms with van der Waals surface area (Å²) >= 11 is 0. The Hall–Kier alpha value is -1.67. The second-order valence-corrected chi connectivity index (χ2v) is 8.82. The molecule has 2 aliphatic heterocycles. The average molecular weight is 353 g/mol. The van der Waals surface area contributed by atoms with Crippen LogP contribution in [0.15, 0.2) is 24.5 Å². The Morgan fingerprint density at radius 1 is 1.25 bits per heavy atom. The summed E-state index contributed by atoms with van der Waals surface area (Å²) in [5.41, 5.74) is 1.09. The van der Waals surface area contributed by atoms with E-state index in [0.717, 1.165) is 5.56 Å². The minimum Gasteiger partial charge on any atom is -0.447 e. The zero-order chi connectivity index (χ0) is 17.3. The van der Waals surface area contributed by atoms with Crippen molar-refractivity contribution in [3.05, 3.63) is 30.1 Å². The summed E-state index contributed by atoms with van der Waals surface area (Å²) in [7, 11) is -3.15. The maximum atomic E-state index is 12.3. The predicted molar refractivity (Wildman–Crippen MR) is 89.2 cm³/mol. The van der Waals surface area contributed by atoms with Crippen LogP contribution in [0.5, 0.6) is 0 Å². The van der Waals surface area contributed by atoms with Crippen molar-refractivity contribution >= 4 is 15.9 Å². The molecular weight excluding hydrogens is 330 g/mol. The standard InChI is InChI=1S/C16H23N3O4S/c1-12(2)23-16(20)19-8-7-18(9-13-3-5-17-6-4-13)14-10-24(21,22)11-15(14)19/h3-6,12,14-15H,7-11H2,1-2H3/t14-,15+/m1/s1. The fourth-order valence-electron chi connectivity index (χ4n) is 3.44. The van der Waals surface area contributed by atoms with Crippen molar-refractivity contribution in [3.8, 4) is 0 Å². The molecule has 0 saturated carbocycles. The van der Waals surface area contributed by atoms with Gasteiger partial charge in [0, 0.05) is 38.1 Å². The molecule has 7 nitrogen and oxygen atoms in total. The predicted octanol–water partition coefficient (Wildman–Crippen LogP) is 0.910. The number of hydrogen-bond acceptors (Lipinski definition) is 6. The molecule has 1 amide bonds. The molecule has 2 atom stereocenters. The third-order valence-corrected chi connectivity index (χ3v) is 6.20. The minimum absolute atomic E-state index is 0.0116. The highest BCUT2D eigenvalue weighted by molar-refractivity contribution is 7.91. The fraction of sp³-hybridized carbons (Fsp3) is 0.625. The molecule has 2 fully saturated rings. The number of pyridine rings is 1. The lowest BCUT2D eigenvalue weighted by Gasteiger charge is -2.43. The molecule has 0 unspecified atom stereocenters. The normalized spacial score (nSPS) is 26.4. The van der Waals surface area contributed by atoms with E-state index in [4.69, 9.17) is 4.74 Å². The molecule has 0 radical (unpaired) electrons. The Labute approximate surface area is 142 Å². The van der Waals surface area contributed by atoms with Gasteiger partial charge in [-0.15, -0.1) is 0 Å². The summed E-state index contributed by atoms with van der Waals surface area (Å²) in [6.07, 6.45) is 2.83. The zero-order valence-electron chi connectivity index (χ0n) is 14.0. The molecule has 0 spiro atoms. The van der Waals surface area contributed by atoms with Gasteiger partial charge in [-0.1, -0.05) is 0 Å². The molecular formula is C16H23N3O4S. The van der Waals surface area contributed by atoms with Crippen molar-refractivity contribution in [2.75, 3.05) is 24.6 Å². The lowest BCUT2D eigenvalue weighted by atomic mass is 10.0. The van der Waals surface area contributed by atoms with Gasteiger partial charge in [-0.05, 0) is 31.5 Å². The van der Waals surface area contributed by atoms with E-state index in [-0.39, 0.29) is 29.7 Å². The number of fused-ring (bicyclic) bond motifs is 1. The highest BCUT2D eigenvalue weighted by atomic mass is 32.2. The van der Waals surface area contributed by atoms with Crippen LogP contribution in [0.1, 0.15) is 19.4 Å². The maximum absolute atomic E-state index is 12.3. The van der Waals surface area contributed by atoms with Gasteiger partial charge >= 0.3 is 6.09 Å². The molecule has 0 bridgehead atoms. The molecule has 24 heavy (non-hydrogen) atoms. The minimum atomic E-state index is -3.15. The molecule has 0 aliphatic carbocycles. The van der Waals surface area contributed by atoms with Gasteiger partial charge in [-0.3, -0.25) is 9.88 Å². The Morgan fingerprint density at radius 2 is 1.92 bits per heavy atom. The van der Waals surface area contributed by atoms with Crippen LogP contribution in [0.4, 0.5) is 4.79 Å². The van der Waals surface area contributed by atoms with Crippen LogP contribution in [0.2, 0.25) is 0 Å². The van der Waals surface area contributed by atoms with Crippen molar-refractivity contribution in [1.29, 1.82) is 0 Å². The van der Waals surface area contributed by atoms with E-state index in [0.29, 0.717) is 19.6 Å². The topological polar surface area (TPSA) is 79.8 Å². The van der Waals surface area contributed by atoms with Crippen LogP contribution in [-0.2, 0) is 21.1 Å². The number of ether oxygens (including phenoxy) is 1. The largest absolute Gasteiger partial charge is 0.447 e. The van der Waals surface area contributed by atoms with Gasteiger partial charge in [0.05, 0.1) is 23.7 Å². The smallest absolute Gasteiger partial charge is 0.410 e. The number of carbonyl (C=O) groups is 1. The Bertz CT molecular complexity index is 693. The average Bonchev–Trinajstić information content (AvgIpc) is 2.83. The molecule has 3 rings (SSSR count). The summed E-state index contributed by atoms with van der Waals surface area (Å²) < 4.78 is 29.6. The Kier molecular flexibility index (Phi) is 4.78. The number of amides is 1. The van der Waals surface area contributed by atoms with Crippen LogP contribution in [0.3, 0.4) is 0 Å². The quantitative estimate of drug-likeness (QED) is 0.804. The highest BCUT2D eigenvalue weighted by Gasteiger charge is 2.48. The van der Waals surface area contributed by atoms with E-state index in [1.807, 2.05) is 12.1 Å². The second-order valence-electron chi connectivity index (χ2n) is 6.66. The van der Waals surface area contributed by atoms with Crippen LogP contribution in [0.25, 0.3) is 0 Å². The number of rotatable bonds is 3. The number of aromatic nitrogens is 1. The molecule has 2 saturated heterocycles. The SMILES string of the molecule is CC(C)OC(=O)N1CCN(Cc2ccncc2)[C@@H]2CS(=O)(=O)C[C@@H]21. The second kappa shape index (κ2) is 6.68. The summed E-state index contributed by atoms with van der Waals surface area (Å²) in [5, 5.41) is 0. The lowest BCUT2D eigenvalue weighted by molar-refractivity contribution is 0.0163. The van der Waals surface area contributed by atoms with Crippen molar-refractivity contribution in [1.82, 2.24) is 14.8 Å². The summed E-state index contributed by atoms with van der Waals surface area (Å²) in [6, 6.07) is 3.34. The van der Waals surface area contributed by atoms with E-state index in [9.17, 15) is 13.2 Å². The van der Waals surface area contributed by atoms with Crippen LogP contribution in [-0.4, -0.2) is 72.1 Å². The van der Waals surface area contributed by atoms with E-state index in [1.54, 1.807) is 31.1 Å². The number of piperazine rings is 1. The molecule has 2 aliphatic rings. The zero-order valence-corrected chi connectivity index (χ0v) is 14.8. The van der Waals surface area contributed by atoms with E-state index in [2.05, 4.69) is 9.88 Å². The molecule has 132 valence electrons. The number of hydrogen-bond donors (Lipinski definition) is 0. The Morgan fingerprint density at radius 3 is 2.58 bits per heavy atom. The van der Waals surface area contributed by atoms with Gasteiger partial charge in [0.2, 0.25) is 0 Å². The van der Waals surface area contributed by atoms with Crippen molar-refractivity contribution in [2.24, 2.45) is 0 Å². The van der Waals surface area contributed by atoms with Gasteiger partial charge in [-0.2, -0.15) is 0 Å². The first-order chi connectivity index (χ1) is 11.4. The van der Waals surface area contributed by atoms with Crippen LogP contribution >= 0.6 is 0 Å². The molecule has 0 aromatic carbocycles. The molecule has 3 heterocycles. The lowest BCUT2D eigenvalue weighted by Crippen LogP contribution is -2.60. The summed E-state index contributed by atoms with van der Waals surface area (Å²) in [5.74, 6) is 0.103. The molecule has 1 aromatic rings. The van der Waals surface area contributed by atoms with Crippen molar-refractivity contribution in [3.63, 3.8) is 0 Å². The van der Waals surface area contributed by atoms with E-state index >= 15 is 0 Å². The maximum Gasteiger partial charge on any atom is 0.410 e. The highest BCUT2D eigenvalue weighted by Crippen LogP contribution is 2.28. The molecule has 0 N–H and O–H groups in total. The summed E-state index contributed by atoms with van der Waals surface area (Å²) in [6.45, 7) is 5.35.